The Morgan fingerprint density at radius 1 is 1.29 bits per heavy atom. The predicted octanol–water partition coefficient (Wildman–Crippen LogP) is 1.82. The number of hydrogen-bond acceptors (Lipinski definition) is 5. The minimum atomic E-state index is 0.349. The smallest absolute Gasteiger partial charge is 0.229 e. The first-order valence-corrected chi connectivity index (χ1v) is 5.15. The summed E-state index contributed by atoms with van der Waals surface area (Å²) in [6, 6.07) is 5.44. The SMILES string of the molecule is COc1ccc(-c2nc(CN)co2)c(OC)c1. The van der Waals surface area contributed by atoms with E-state index in [0.717, 1.165) is 11.3 Å². The molecule has 5 nitrogen and oxygen atoms in total. The van der Waals surface area contributed by atoms with Crippen LogP contribution in [0.4, 0.5) is 0 Å². The normalized spacial score (nSPS) is 10.3. The number of aromatic nitrogens is 1. The maximum absolute atomic E-state index is 5.48. The largest absolute Gasteiger partial charge is 0.497 e. The fourth-order valence-electron chi connectivity index (χ4n) is 1.50. The Balaban J connectivity index is 2.43. The van der Waals surface area contributed by atoms with Gasteiger partial charge in [-0.05, 0) is 12.1 Å². The van der Waals surface area contributed by atoms with Crippen LogP contribution in [-0.4, -0.2) is 19.2 Å². The van der Waals surface area contributed by atoms with Gasteiger partial charge in [-0.15, -0.1) is 0 Å². The van der Waals surface area contributed by atoms with E-state index >= 15 is 0 Å². The molecule has 0 unspecified atom stereocenters. The van der Waals surface area contributed by atoms with E-state index in [-0.39, 0.29) is 0 Å². The summed E-state index contributed by atoms with van der Waals surface area (Å²) in [7, 11) is 3.19. The van der Waals surface area contributed by atoms with Crippen LogP contribution in [-0.2, 0) is 6.54 Å². The van der Waals surface area contributed by atoms with Crippen LogP contribution in [0.25, 0.3) is 11.5 Å². The maximum Gasteiger partial charge on any atom is 0.229 e. The average Bonchev–Trinajstić information content (AvgIpc) is 2.86. The molecule has 0 fully saturated rings. The van der Waals surface area contributed by atoms with Crippen molar-refractivity contribution in [3.05, 3.63) is 30.2 Å². The first-order chi connectivity index (χ1) is 8.28. The van der Waals surface area contributed by atoms with Gasteiger partial charge in [-0.2, -0.15) is 0 Å². The predicted molar refractivity (Wildman–Crippen MR) is 62.9 cm³/mol. The zero-order chi connectivity index (χ0) is 12.3. The number of nitrogens with two attached hydrogens (primary N) is 1. The number of hydrogen-bond donors (Lipinski definition) is 1. The van der Waals surface area contributed by atoms with Crippen molar-refractivity contribution in [2.45, 2.75) is 6.54 Å². The van der Waals surface area contributed by atoms with Gasteiger partial charge in [0.05, 0.1) is 25.5 Å². The topological polar surface area (TPSA) is 70.5 Å². The van der Waals surface area contributed by atoms with Crippen molar-refractivity contribution in [1.29, 1.82) is 0 Å². The molecule has 0 aliphatic rings. The number of methoxy groups -OCH3 is 2. The van der Waals surface area contributed by atoms with Crippen LogP contribution in [0.3, 0.4) is 0 Å². The van der Waals surface area contributed by atoms with E-state index in [1.165, 1.54) is 0 Å². The van der Waals surface area contributed by atoms with E-state index < -0.39 is 0 Å². The minimum absolute atomic E-state index is 0.349. The third kappa shape index (κ3) is 2.24. The van der Waals surface area contributed by atoms with Crippen molar-refractivity contribution in [2.24, 2.45) is 5.73 Å². The summed E-state index contributed by atoms with van der Waals surface area (Å²) in [4.78, 5) is 4.25. The molecule has 0 aliphatic carbocycles. The third-order valence-corrected chi connectivity index (χ3v) is 2.40. The van der Waals surface area contributed by atoms with Gasteiger partial charge >= 0.3 is 0 Å². The molecule has 2 N–H and O–H groups in total. The highest BCUT2D eigenvalue weighted by Crippen LogP contribution is 2.32. The summed E-state index contributed by atoms with van der Waals surface area (Å²) in [6.45, 7) is 0.349. The number of nitrogens with zero attached hydrogens (tertiary/aromatic N) is 1. The molecule has 0 amide bonds. The molecule has 0 bridgehead atoms. The van der Waals surface area contributed by atoms with E-state index in [2.05, 4.69) is 4.98 Å². The second kappa shape index (κ2) is 4.88. The Kier molecular flexibility index (Phi) is 3.30. The van der Waals surface area contributed by atoms with Crippen LogP contribution < -0.4 is 15.2 Å². The first kappa shape index (κ1) is 11.5. The van der Waals surface area contributed by atoms with Gasteiger partial charge in [0.1, 0.15) is 17.8 Å². The Bertz CT molecular complexity index is 508. The van der Waals surface area contributed by atoms with Crippen LogP contribution in [0.1, 0.15) is 5.69 Å². The van der Waals surface area contributed by atoms with Crippen molar-refractivity contribution in [3.8, 4) is 23.0 Å². The van der Waals surface area contributed by atoms with Crippen LogP contribution in [0.2, 0.25) is 0 Å². The van der Waals surface area contributed by atoms with Gasteiger partial charge in [-0.3, -0.25) is 0 Å². The van der Waals surface area contributed by atoms with E-state index in [4.69, 9.17) is 19.6 Å². The molecular formula is C12H14N2O3. The summed E-state index contributed by atoms with van der Waals surface area (Å²) in [5.74, 6) is 1.86. The monoisotopic (exact) mass is 234 g/mol. The summed E-state index contributed by atoms with van der Waals surface area (Å²) < 4.78 is 15.7. The molecule has 0 spiro atoms. The molecular weight excluding hydrogens is 220 g/mol. The standard InChI is InChI=1S/C12H14N2O3/c1-15-9-3-4-10(11(5-9)16-2)12-14-8(6-13)7-17-12/h3-5,7H,6,13H2,1-2H3. The highest BCUT2D eigenvalue weighted by molar-refractivity contribution is 5.64. The van der Waals surface area contributed by atoms with E-state index in [1.807, 2.05) is 12.1 Å². The molecule has 0 atom stereocenters. The zero-order valence-corrected chi connectivity index (χ0v) is 9.77. The van der Waals surface area contributed by atoms with Crippen LogP contribution >= 0.6 is 0 Å². The van der Waals surface area contributed by atoms with Crippen molar-refractivity contribution in [2.75, 3.05) is 14.2 Å². The van der Waals surface area contributed by atoms with Gasteiger partial charge in [0, 0.05) is 12.6 Å². The third-order valence-electron chi connectivity index (χ3n) is 2.40. The molecule has 0 saturated carbocycles. The first-order valence-electron chi connectivity index (χ1n) is 5.15. The van der Waals surface area contributed by atoms with E-state index in [0.29, 0.717) is 23.9 Å². The molecule has 17 heavy (non-hydrogen) atoms. The maximum atomic E-state index is 5.48. The Morgan fingerprint density at radius 2 is 2.12 bits per heavy atom. The van der Waals surface area contributed by atoms with Crippen LogP contribution in [0.5, 0.6) is 11.5 Å². The summed E-state index contributed by atoms with van der Waals surface area (Å²) >= 11 is 0. The summed E-state index contributed by atoms with van der Waals surface area (Å²) in [5.41, 5.74) is 6.96. The van der Waals surface area contributed by atoms with Gasteiger partial charge in [0.15, 0.2) is 0 Å². The molecule has 0 aliphatic heterocycles. The van der Waals surface area contributed by atoms with Crippen molar-refractivity contribution >= 4 is 0 Å². The van der Waals surface area contributed by atoms with Crippen molar-refractivity contribution in [3.63, 3.8) is 0 Å². The molecule has 5 heteroatoms. The van der Waals surface area contributed by atoms with Gasteiger partial charge in [-0.1, -0.05) is 0 Å². The Hall–Kier alpha value is -2.01. The van der Waals surface area contributed by atoms with Gasteiger partial charge < -0.3 is 19.6 Å². The lowest BCUT2D eigenvalue weighted by molar-refractivity contribution is 0.394. The number of benzene rings is 1. The number of oxazole rings is 1. The van der Waals surface area contributed by atoms with Crippen molar-refractivity contribution < 1.29 is 13.9 Å². The fourth-order valence-corrected chi connectivity index (χ4v) is 1.50. The molecule has 1 heterocycles. The van der Waals surface area contributed by atoms with E-state index in [9.17, 15) is 0 Å². The second-order valence-corrected chi connectivity index (χ2v) is 3.41. The molecule has 1 aromatic heterocycles. The lowest BCUT2D eigenvalue weighted by Gasteiger charge is -2.07. The molecule has 2 rings (SSSR count). The van der Waals surface area contributed by atoms with Gasteiger partial charge in [0.2, 0.25) is 5.89 Å². The average molecular weight is 234 g/mol. The summed E-state index contributed by atoms with van der Waals surface area (Å²) in [6.07, 6.45) is 1.54. The molecule has 1 aromatic carbocycles. The van der Waals surface area contributed by atoms with Crippen LogP contribution in [0, 0.1) is 0 Å². The molecule has 90 valence electrons. The Labute approximate surface area is 99.2 Å². The number of rotatable bonds is 4. The van der Waals surface area contributed by atoms with Gasteiger partial charge in [-0.25, -0.2) is 4.98 Å². The number of ether oxygens (including phenoxy) is 2. The second-order valence-electron chi connectivity index (χ2n) is 3.41. The lowest BCUT2D eigenvalue weighted by Crippen LogP contribution is -1.96. The van der Waals surface area contributed by atoms with E-state index in [1.54, 1.807) is 26.5 Å². The highest BCUT2D eigenvalue weighted by atomic mass is 16.5. The molecule has 2 aromatic rings. The Morgan fingerprint density at radius 3 is 2.71 bits per heavy atom. The van der Waals surface area contributed by atoms with Crippen LogP contribution in [0.15, 0.2) is 28.9 Å². The van der Waals surface area contributed by atoms with Gasteiger partial charge in [0.25, 0.3) is 0 Å². The fraction of sp³-hybridized carbons (Fsp3) is 0.250. The molecule has 0 radical (unpaired) electrons. The van der Waals surface area contributed by atoms with Crippen molar-refractivity contribution in [1.82, 2.24) is 4.98 Å². The quantitative estimate of drug-likeness (QED) is 0.873. The lowest BCUT2D eigenvalue weighted by atomic mass is 10.2. The zero-order valence-electron chi connectivity index (χ0n) is 9.77. The minimum Gasteiger partial charge on any atom is -0.497 e. The highest BCUT2D eigenvalue weighted by Gasteiger charge is 2.12. The molecule has 0 saturated heterocycles. The summed E-state index contributed by atoms with van der Waals surface area (Å²) in [5, 5.41) is 0.